The lowest BCUT2D eigenvalue weighted by atomic mass is 10.2. The van der Waals surface area contributed by atoms with Gasteiger partial charge in [-0.2, -0.15) is 0 Å². The minimum Gasteiger partial charge on any atom is -0.376 e. The lowest BCUT2D eigenvalue weighted by Gasteiger charge is -2.22. The number of carbonyl (C=O) groups excluding carboxylic acids is 1. The number of hydrogen-bond donors (Lipinski definition) is 0. The van der Waals surface area contributed by atoms with Crippen molar-refractivity contribution in [3.63, 3.8) is 0 Å². The normalized spacial score (nSPS) is 16.6. The standard InChI is InChI=1S/C22H18Cl2N2O2S2/c1-12-9-13(23)10-17-19(12)25-22(30-17)26(11-14-5-4-8-28-14)21(27)20-18(24)15-6-2-3-7-16(15)29-20/h2-3,6-7,9-10,14H,4-5,8,11H2,1H3. The number of halogens is 2. The molecule has 0 spiro atoms. The van der Waals surface area contributed by atoms with Gasteiger partial charge in [0.05, 0.1) is 27.9 Å². The van der Waals surface area contributed by atoms with Crippen LogP contribution in [0.1, 0.15) is 28.1 Å². The predicted octanol–water partition coefficient (Wildman–Crippen LogP) is 6.95. The van der Waals surface area contributed by atoms with Gasteiger partial charge < -0.3 is 4.74 Å². The Balaban J connectivity index is 1.60. The number of aromatic nitrogens is 1. The van der Waals surface area contributed by atoms with Gasteiger partial charge in [-0.25, -0.2) is 4.98 Å². The van der Waals surface area contributed by atoms with Crippen LogP contribution >= 0.6 is 45.9 Å². The molecule has 8 heteroatoms. The van der Waals surface area contributed by atoms with Crippen molar-refractivity contribution in [2.45, 2.75) is 25.9 Å². The molecule has 1 atom stereocenters. The highest BCUT2D eigenvalue weighted by Gasteiger charge is 2.30. The Morgan fingerprint density at radius 3 is 2.83 bits per heavy atom. The van der Waals surface area contributed by atoms with Crippen LogP contribution in [0, 0.1) is 6.92 Å². The van der Waals surface area contributed by atoms with Crippen molar-refractivity contribution in [3.8, 4) is 0 Å². The molecule has 2 aromatic carbocycles. The molecular weight excluding hydrogens is 459 g/mol. The van der Waals surface area contributed by atoms with Gasteiger partial charge in [-0.1, -0.05) is 52.7 Å². The second-order valence-electron chi connectivity index (χ2n) is 7.36. The molecule has 1 aliphatic heterocycles. The van der Waals surface area contributed by atoms with E-state index in [9.17, 15) is 4.79 Å². The molecule has 0 radical (unpaired) electrons. The quantitative estimate of drug-likeness (QED) is 0.319. The number of benzene rings is 2. The van der Waals surface area contributed by atoms with E-state index < -0.39 is 0 Å². The molecule has 1 aliphatic rings. The minimum atomic E-state index is -0.139. The molecule has 0 bridgehead atoms. The fraction of sp³-hybridized carbons (Fsp3) is 0.273. The Kier molecular flexibility index (Phi) is 5.45. The number of fused-ring (bicyclic) bond motifs is 2. The predicted molar refractivity (Wildman–Crippen MR) is 127 cm³/mol. The zero-order chi connectivity index (χ0) is 20.8. The summed E-state index contributed by atoms with van der Waals surface area (Å²) >= 11 is 15.7. The van der Waals surface area contributed by atoms with Gasteiger partial charge in [0.2, 0.25) is 0 Å². The summed E-state index contributed by atoms with van der Waals surface area (Å²) in [6, 6.07) is 11.6. The first kappa shape index (κ1) is 20.2. The van der Waals surface area contributed by atoms with Crippen LogP contribution < -0.4 is 4.90 Å². The molecule has 1 saturated heterocycles. The largest absolute Gasteiger partial charge is 0.376 e. The van der Waals surface area contributed by atoms with Crippen LogP contribution in [-0.4, -0.2) is 30.1 Å². The van der Waals surface area contributed by atoms with E-state index in [4.69, 9.17) is 32.9 Å². The van der Waals surface area contributed by atoms with Gasteiger partial charge in [-0.3, -0.25) is 9.69 Å². The summed E-state index contributed by atoms with van der Waals surface area (Å²) in [6.07, 6.45) is 1.93. The number of hydrogen-bond acceptors (Lipinski definition) is 5. The van der Waals surface area contributed by atoms with Gasteiger partial charge in [-0.15, -0.1) is 11.3 Å². The van der Waals surface area contributed by atoms with Crippen molar-refractivity contribution in [3.05, 3.63) is 56.9 Å². The van der Waals surface area contributed by atoms with Gasteiger partial charge in [0.15, 0.2) is 5.13 Å². The summed E-state index contributed by atoms with van der Waals surface area (Å²) in [4.78, 5) is 20.7. The van der Waals surface area contributed by atoms with E-state index >= 15 is 0 Å². The maximum Gasteiger partial charge on any atom is 0.271 e. The number of rotatable bonds is 4. The van der Waals surface area contributed by atoms with E-state index in [0.29, 0.717) is 26.6 Å². The molecule has 3 heterocycles. The molecule has 0 saturated carbocycles. The van der Waals surface area contributed by atoms with Crippen molar-refractivity contribution >= 4 is 77.2 Å². The molecule has 154 valence electrons. The summed E-state index contributed by atoms with van der Waals surface area (Å²) in [5.74, 6) is -0.139. The number of anilines is 1. The van der Waals surface area contributed by atoms with Crippen molar-refractivity contribution in [2.75, 3.05) is 18.1 Å². The number of nitrogens with zero attached hydrogens (tertiary/aromatic N) is 2. The average molecular weight is 477 g/mol. The van der Waals surface area contributed by atoms with E-state index in [1.807, 2.05) is 43.3 Å². The molecule has 1 unspecified atom stereocenters. The SMILES string of the molecule is Cc1cc(Cl)cc2sc(N(CC3CCCO3)C(=O)c3sc4ccccc4c3Cl)nc12. The Morgan fingerprint density at radius 1 is 1.23 bits per heavy atom. The maximum absolute atomic E-state index is 13.7. The van der Waals surface area contributed by atoms with E-state index in [2.05, 4.69) is 0 Å². The molecule has 4 nitrogen and oxygen atoms in total. The van der Waals surface area contributed by atoms with Gasteiger partial charge in [0.25, 0.3) is 5.91 Å². The summed E-state index contributed by atoms with van der Waals surface area (Å²) < 4.78 is 7.79. The van der Waals surface area contributed by atoms with Crippen molar-refractivity contribution in [1.29, 1.82) is 0 Å². The van der Waals surface area contributed by atoms with Crippen LogP contribution in [0.25, 0.3) is 20.3 Å². The van der Waals surface area contributed by atoms with Crippen LogP contribution in [0.3, 0.4) is 0 Å². The summed E-state index contributed by atoms with van der Waals surface area (Å²) in [5.41, 5.74) is 1.86. The Hall–Kier alpha value is -1.70. The summed E-state index contributed by atoms with van der Waals surface area (Å²) in [7, 11) is 0. The third-order valence-corrected chi connectivity index (χ3v) is 8.16. The molecule has 1 amide bonds. The fourth-order valence-corrected chi connectivity index (χ4v) is 6.66. The molecule has 4 aromatic rings. The van der Waals surface area contributed by atoms with Gasteiger partial charge >= 0.3 is 0 Å². The number of ether oxygens (including phenoxy) is 1. The lowest BCUT2D eigenvalue weighted by Crippen LogP contribution is -2.37. The molecular formula is C22H18Cl2N2O2S2. The van der Waals surface area contributed by atoms with Gasteiger partial charge in [0, 0.05) is 21.7 Å². The highest BCUT2D eigenvalue weighted by atomic mass is 35.5. The highest BCUT2D eigenvalue weighted by molar-refractivity contribution is 7.23. The Labute approximate surface area is 192 Å². The van der Waals surface area contributed by atoms with Crippen LogP contribution in [0.5, 0.6) is 0 Å². The van der Waals surface area contributed by atoms with E-state index in [1.165, 1.54) is 22.7 Å². The first-order valence-corrected chi connectivity index (χ1v) is 12.1. The van der Waals surface area contributed by atoms with E-state index in [-0.39, 0.29) is 12.0 Å². The number of thiazole rings is 1. The van der Waals surface area contributed by atoms with Gasteiger partial charge in [0.1, 0.15) is 4.88 Å². The first-order chi connectivity index (χ1) is 14.5. The van der Waals surface area contributed by atoms with Crippen LogP contribution in [-0.2, 0) is 4.74 Å². The maximum atomic E-state index is 13.7. The summed E-state index contributed by atoms with van der Waals surface area (Å²) in [6.45, 7) is 3.16. The molecule has 1 fully saturated rings. The third kappa shape index (κ3) is 3.61. The fourth-order valence-electron chi connectivity index (χ4n) is 3.77. The molecule has 30 heavy (non-hydrogen) atoms. The number of thiophene rings is 1. The Bertz CT molecular complexity index is 1260. The van der Waals surface area contributed by atoms with Gasteiger partial charge in [-0.05, 0) is 43.5 Å². The Morgan fingerprint density at radius 2 is 2.07 bits per heavy atom. The monoisotopic (exact) mass is 476 g/mol. The molecule has 5 rings (SSSR count). The third-order valence-electron chi connectivity index (χ3n) is 5.25. The van der Waals surface area contributed by atoms with Crippen molar-refractivity contribution < 1.29 is 9.53 Å². The average Bonchev–Trinajstić information content (AvgIpc) is 3.45. The zero-order valence-corrected chi connectivity index (χ0v) is 19.3. The smallest absolute Gasteiger partial charge is 0.271 e. The number of carbonyl (C=O) groups is 1. The van der Waals surface area contributed by atoms with E-state index in [1.54, 1.807) is 4.90 Å². The van der Waals surface area contributed by atoms with Crippen molar-refractivity contribution in [2.24, 2.45) is 0 Å². The van der Waals surface area contributed by atoms with Crippen LogP contribution in [0.4, 0.5) is 5.13 Å². The summed E-state index contributed by atoms with van der Waals surface area (Å²) in [5, 5.41) is 2.71. The molecule has 2 aromatic heterocycles. The minimum absolute atomic E-state index is 0.00111. The number of amides is 1. The van der Waals surface area contributed by atoms with E-state index in [0.717, 1.165) is 45.3 Å². The van der Waals surface area contributed by atoms with Crippen molar-refractivity contribution in [1.82, 2.24) is 4.98 Å². The van der Waals surface area contributed by atoms with Crippen LogP contribution in [0.15, 0.2) is 36.4 Å². The number of aryl methyl sites for hydroxylation is 1. The lowest BCUT2D eigenvalue weighted by molar-refractivity contribution is 0.0921. The van der Waals surface area contributed by atoms with Crippen LogP contribution in [0.2, 0.25) is 10.0 Å². The molecule has 0 N–H and O–H groups in total. The first-order valence-electron chi connectivity index (χ1n) is 9.68. The highest BCUT2D eigenvalue weighted by Crippen LogP contribution is 2.39. The molecule has 0 aliphatic carbocycles. The second-order valence-corrected chi connectivity index (χ2v) is 10.2. The second kappa shape index (κ2) is 8.09. The topological polar surface area (TPSA) is 42.4 Å². The zero-order valence-electron chi connectivity index (χ0n) is 16.2.